The third-order valence-corrected chi connectivity index (χ3v) is 2.39. The molecule has 4 nitrogen and oxygen atoms in total. The fourth-order valence-corrected chi connectivity index (χ4v) is 1.63. The van der Waals surface area contributed by atoms with Crippen molar-refractivity contribution in [1.82, 2.24) is 0 Å². The summed E-state index contributed by atoms with van der Waals surface area (Å²) in [6.45, 7) is 4.07. The number of carbonyl (C=O) groups is 2. The highest BCUT2D eigenvalue weighted by Crippen LogP contribution is 2.21. The Morgan fingerprint density at radius 3 is 1.76 bits per heavy atom. The molecule has 0 atom stereocenters. The summed E-state index contributed by atoms with van der Waals surface area (Å²) in [7, 11) is 0. The Morgan fingerprint density at radius 1 is 1.00 bits per heavy atom. The van der Waals surface area contributed by atoms with Crippen LogP contribution in [0.3, 0.4) is 0 Å². The van der Waals surface area contributed by atoms with E-state index in [0.717, 1.165) is 19.3 Å². The lowest BCUT2D eigenvalue weighted by molar-refractivity contribution is -0.142. The molecule has 0 unspecified atom stereocenters. The fraction of sp³-hybridized carbons (Fsp3) is 0.538. The van der Waals surface area contributed by atoms with E-state index in [9.17, 15) is 9.59 Å². The maximum absolute atomic E-state index is 11.7. The Labute approximate surface area is 101 Å². The molecule has 1 aliphatic carbocycles. The van der Waals surface area contributed by atoms with Crippen LogP contribution in [0, 0.1) is 0 Å². The topological polar surface area (TPSA) is 52.6 Å². The monoisotopic (exact) mass is 238 g/mol. The van der Waals surface area contributed by atoms with Crippen molar-refractivity contribution in [3.05, 3.63) is 23.3 Å². The van der Waals surface area contributed by atoms with Crippen LogP contribution in [0.1, 0.15) is 33.1 Å². The third kappa shape index (κ3) is 3.73. The second kappa shape index (κ2) is 6.89. The minimum atomic E-state index is -0.450. The molecule has 0 N–H and O–H groups in total. The molecule has 94 valence electrons. The van der Waals surface area contributed by atoms with Crippen molar-refractivity contribution in [1.29, 1.82) is 0 Å². The van der Waals surface area contributed by atoms with E-state index in [4.69, 9.17) is 9.47 Å². The molecule has 1 aliphatic rings. The van der Waals surface area contributed by atoms with Crippen LogP contribution in [0.2, 0.25) is 0 Å². The van der Waals surface area contributed by atoms with Crippen LogP contribution >= 0.6 is 0 Å². The number of hydrogen-bond acceptors (Lipinski definition) is 4. The van der Waals surface area contributed by atoms with Crippen molar-refractivity contribution in [2.45, 2.75) is 33.1 Å². The maximum atomic E-state index is 11.7. The minimum absolute atomic E-state index is 0.298. The molecule has 17 heavy (non-hydrogen) atoms. The highest BCUT2D eigenvalue weighted by Gasteiger charge is 2.23. The van der Waals surface area contributed by atoms with E-state index >= 15 is 0 Å². The van der Waals surface area contributed by atoms with Crippen LogP contribution < -0.4 is 0 Å². The van der Waals surface area contributed by atoms with E-state index < -0.39 is 11.9 Å². The Kier molecular flexibility index (Phi) is 5.46. The first kappa shape index (κ1) is 13.5. The second-order valence-electron chi connectivity index (χ2n) is 3.61. The molecule has 0 heterocycles. The van der Waals surface area contributed by atoms with Gasteiger partial charge in [0.15, 0.2) is 0 Å². The minimum Gasteiger partial charge on any atom is -0.462 e. The molecule has 0 bridgehead atoms. The van der Waals surface area contributed by atoms with Gasteiger partial charge in [-0.15, -0.1) is 0 Å². The van der Waals surface area contributed by atoms with E-state index in [-0.39, 0.29) is 0 Å². The van der Waals surface area contributed by atoms with Gasteiger partial charge < -0.3 is 9.47 Å². The first-order chi connectivity index (χ1) is 8.20. The fourth-order valence-electron chi connectivity index (χ4n) is 1.63. The van der Waals surface area contributed by atoms with Crippen molar-refractivity contribution >= 4 is 11.9 Å². The van der Waals surface area contributed by atoms with Crippen molar-refractivity contribution < 1.29 is 19.1 Å². The van der Waals surface area contributed by atoms with E-state index in [1.54, 1.807) is 26.0 Å². The largest absolute Gasteiger partial charge is 0.462 e. The first-order valence-corrected chi connectivity index (χ1v) is 5.95. The molecule has 0 aromatic heterocycles. The number of hydrogen-bond donors (Lipinski definition) is 0. The zero-order valence-corrected chi connectivity index (χ0v) is 10.3. The van der Waals surface area contributed by atoms with Gasteiger partial charge in [-0.3, -0.25) is 0 Å². The average molecular weight is 238 g/mol. The summed E-state index contributed by atoms with van der Waals surface area (Å²) in [4.78, 5) is 23.5. The van der Waals surface area contributed by atoms with Gasteiger partial charge >= 0.3 is 11.9 Å². The molecule has 0 fully saturated rings. The zero-order valence-electron chi connectivity index (χ0n) is 10.3. The van der Waals surface area contributed by atoms with Gasteiger partial charge in [0.05, 0.1) is 24.4 Å². The van der Waals surface area contributed by atoms with E-state index in [1.165, 1.54) is 0 Å². The number of ether oxygens (including phenoxy) is 2. The quantitative estimate of drug-likeness (QED) is 0.704. The second-order valence-corrected chi connectivity index (χ2v) is 3.61. The van der Waals surface area contributed by atoms with Gasteiger partial charge in [0.1, 0.15) is 0 Å². The van der Waals surface area contributed by atoms with Gasteiger partial charge in [-0.25, -0.2) is 9.59 Å². The smallest absolute Gasteiger partial charge is 0.338 e. The maximum Gasteiger partial charge on any atom is 0.338 e. The summed E-state index contributed by atoms with van der Waals surface area (Å²) in [5, 5.41) is 0. The van der Waals surface area contributed by atoms with Crippen LogP contribution in [0.4, 0.5) is 0 Å². The molecule has 0 aromatic rings. The Balaban J connectivity index is 2.92. The summed E-state index contributed by atoms with van der Waals surface area (Å²) < 4.78 is 9.88. The van der Waals surface area contributed by atoms with Gasteiger partial charge in [0.25, 0.3) is 0 Å². The molecule has 0 spiro atoms. The molecular formula is C13H18O4. The van der Waals surface area contributed by atoms with Crippen molar-refractivity contribution in [3.63, 3.8) is 0 Å². The Morgan fingerprint density at radius 2 is 1.41 bits per heavy atom. The summed E-state index contributed by atoms with van der Waals surface area (Å²) in [5.74, 6) is -0.901. The van der Waals surface area contributed by atoms with Crippen LogP contribution in [-0.4, -0.2) is 25.2 Å². The van der Waals surface area contributed by atoms with Crippen LogP contribution in [0.5, 0.6) is 0 Å². The Hall–Kier alpha value is -1.58. The lowest BCUT2D eigenvalue weighted by atomic mass is 10.1. The van der Waals surface area contributed by atoms with Gasteiger partial charge in [-0.05, 0) is 33.1 Å². The molecule has 0 aromatic carbocycles. The third-order valence-electron chi connectivity index (χ3n) is 2.39. The number of carbonyl (C=O) groups excluding carboxylic acids is 2. The lowest BCUT2D eigenvalue weighted by Crippen LogP contribution is -2.16. The first-order valence-electron chi connectivity index (χ1n) is 5.95. The standard InChI is InChI=1S/C13H18O4/c1-3-16-12(14)10-8-6-5-7-9-11(10)13(15)17-4-2/h8-9H,3-7H2,1-2H3. The summed E-state index contributed by atoms with van der Waals surface area (Å²) >= 11 is 0. The molecule has 0 saturated heterocycles. The van der Waals surface area contributed by atoms with Gasteiger partial charge in [-0.2, -0.15) is 0 Å². The lowest BCUT2D eigenvalue weighted by Gasteiger charge is -2.09. The van der Waals surface area contributed by atoms with E-state index in [2.05, 4.69) is 0 Å². The molecule has 0 radical (unpaired) electrons. The molecule has 0 aliphatic heterocycles. The van der Waals surface area contributed by atoms with Crippen molar-refractivity contribution in [2.24, 2.45) is 0 Å². The average Bonchev–Trinajstić information content (AvgIpc) is 2.54. The normalized spacial score (nSPS) is 15.4. The summed E-state index contributed by atoms with van der Waals surface area (Å²) in [5.41, 5.74) is 0.672. The SMILES string of the molecule is CCOC(=O)C1=CCCCC=C1C(=O)OCC. The zero-order chi connectivity index (χ0) is 12.7. The predicted octanol–water partition coefficient (Wildman–Crippen LogP) is 2.15. The van der Waals surface area contributed by atoms with Gasteiger partial charge in [0.2, 0.25) is 0 Å². The summed E-state index contributed by atoms with van der Waals surface area (Å²) in [6, 6.07) is 0. The van der Waals surface area contributed by atoms with Gasteiger partial charge in [-0.1, -0.05) is 12.2 Å². The highest BCUT2D eigenvalue weighted by molar-refractivity contribution is 6.07. The molecule has 1 rings (SSSR count). The number of rotatable bonds is 4. The van der Waals surface area contributed by atoms with Crippen molar-refractivity contribution in [3.8, 4) is 0 Å². The molecular weight excluding hydrogens is 220 g/mol. The van der Waals surface area contributed by atoms with Crippen molar-refractivity contribution in [2.75, 3.05) is 13.2 Å². The van der Waals surface area contributed by atoms with E-state index in [0.29, 0.717) is 24.4 Å². The number of esters is 2. The van der Waals surface area contributed by atoms with Crippen LogP contribution in [-0.2, 0) is 19.1 Å². The van der Waals surface area contributed by atoms with E-state index in [1.807, 2.05) is 0 Å². The van der Waals surface area contributed by atoms with Gasteiger partial charge in [0, 0.05) is 0 Å². The number of allylic oxidation sites excluding steroid dienone is 2. The molecule has 0 amide bonds. The summed E-state index contributed by atoms with van der Waals surface area (Å²) in [6.07, 6.45) is 5.98. The molecule has 0 saturated carbocycles. The molecule has 4 heteroatoms. The van der Waals surface area contributed by atoms with Crippen LogP contribution in [0.25, 0.3) is 0 Å². The van der Waals surface area contributed by atoms with Crippen LogP contribution in [0.15, 0.2) is 23.3 Å². The predicted molar refractivity (Wildman–Crippen MR) is 63.3 cm³/mol. The Bertz CT molecular complexity index is 318. The highest BCUT2D eigenvalue weighted by atomic mass is 16.5.